The fourth-order valence-corrected chi connectivity index (χ4v) is 6.38. The number of nitrogens with zero attached hydrogens (tertiary/aromatic N) is 1. The van der Waals surface area contributed by atoms with Gasteiger partial charge in [-0.15, -0.1) is 0 Å². The number of esters is 1. The summed E-state index contributed by atoms with van der Waals surface area (Å²) in [5, 5.41) is 30.9. The van der Waals surface area contributed by atoms with Gasteiger partial charge in [-0.2, -0.15) is 0 Å². The van der Waals surface area contributed by atoms with Crippen molar-refractivity contribution in [2.45, 2.75) is 129 Å². The number of carbonyl (C=O) groups is 3. The largest absolute Gasteiger partial charge is 0.460 e. The van der Waals surface area contributed by atoms with Crippen LogP contribution in [-0.2, 0) is 23.9 Å². The Bertz CT molecular complexity index is 818. The van der Waals surface area contributed by atoms with Crippen LogP contribution in [0, 0.1) is 23.7 Å². The van der Waals surface area contributed by atoms with Crippen molar-refractivity contribution < 1.29 is 39.2 Å². The second-order valence-electron chi connectivity index (χ2n) is 12.0. The SMILES string of the molecule is CCC1CCC(C)C(O)(C(=O)C(=O)N2CCCC2C(=O)OC(C(C)C)C(C)CC2CCC(O)C(O)C2)O1. The highest BCUT2D eigenvalue weighted by atomic mass is 16.6. The molecule has 3 N–H and O–H groups in total. The number of amides is 1. The molecule has 3 aliphatic rings. The summed E-state index contributed by atoms with van der Waals surface area (Å²) in [7, 11) is 0. The van der Waals surface area contributed by atoms with Crippen LogP contribution >= 0.6 is 0 Å². The lowest BCUT2D eigenvalue weighted by molar-refractivity contribution is -0.262. The first-order valence-corrected chi connectivity index (χ1v) is 14.2. The molecule has 1 amide bonds. The number of likely N-dealkylation sites (tertiary alicyclic amines) is 1. The number of Topliss-reactive ketones (excluding diaryl/α,β-unsaturated/α-hetero) is 1. The van der Waals surface area contributed by atoms with Crippen LogP contribution in [0.4, 0.5) is 0 Å². The Labute approximate surface area is 220 Å². The van der Waals surface area contributed by atoms with Crippen molar-refractivity contribution in [2.24, 2.45) is 23.7 Å². The van der Waals surface area contributed by atoms with E-state index in [9.17, 15) is 29.7 Å². The van der Waals surface area contributed by atoms with E-state index in [-0.39, 0.29) is 36.5 Å². The molecule has 2 heterocycles. The lowest BCUT2D eigenvalue weighted by atomic mass is 9.78. The quantitative estimate of drug-likeness (QED) is 0.309. The van der Waals surface area contributed by atoms with E-state index in [2.05, 4.69) is 0 Å². The van der Waals surface area contributed by atoms with Gasteiger partial charge in [0.05, 0.1) is 18.3 Å². The number of ketones is 1. The average Bonchev–Trinajstić information content (AvgIpc) is 3.35. The van der Waals surface area contributed by atoms with Crippen LogP contribution in [0.2, 0.25) is 0 Å². The van der Waals surface area contributed by atoms with E-state index in [1.807, 2.05) is 27.7 Å². The predicted octanol–water partition coefficient (Wildman–Crippen LogP) is 2.58. The molecule has 0 aromatic carbocycles. The Morgan fingerprint density at radius 1 is 1.05 bits per heavy atom. The Kier molecular flexibility index (Phi) is 10.2. The third kappa shape index (κ3) is 6.72. The molecule has 9 atom stereocenters. The number of aliphatic hydroxyl groups is 3. The Morgan fingerprint density at radius 3 is 2.38 bits per heavy atom. The van der Waals surface area contributed by atoms with Gasteiger partial charge < -0.3 is 29.7 Å². The van der Waals surface area contributed by atoms with Gasteiger partial charge in [0.1, 0.15) is 12.1 Å². The van der Waals surface area contributed by atoms with Crippen LogP contribution in [0.15, 0.2) is 0 Å². The van der Waals surface area contributed by atoms with Gasteiger partial charge in [0.2, 0.25) is 5.79 Å². The van der Waals surface area contributed by atoms with Crippen molar-refractivity contribution >= 4 is 17.7 Å². The molecule has 0 spiro atoms. The number of hydrogen-bond donors (Lipinski definition) is 3. The number of ether oxygens (including phenoxy) is 2. The van der Waals surface area contributed by atoms with E-state index >= 15 is 0 Å². The van der Waals surface area contributed by atoms with E-state index in [0.29, 0.717) is 38.5 Å². The van der Waals surface area contributed by atoms with Crippen LogP contribution < -0.4 is 0 Å². The highest BCUT2D eigenvalue weighted by Gasteiger charge is 2.52. The molecule has 2 aliphatic heterocycles. The summed E-state index contributed by atoms with van der Waals surface area (Å²) < 4.78 is 11.7. The zero-order valence-electron chi connectivity index (χ0n) is 23.1. The predicted molar refractivity (Wildman–Crippen MR) is 136 cm³/mol. The van der Waals surface area contributed by atoms with Crippen molar-refractivity contribution in [1.29, 1.82) is 0 Å². The summed E-state index contributed by atoms with van der Waals surface area (Å²) in [6.45, 7) is 9.85. The van der Waals surface area contributed by atoms with E-state index in [4.69, 9.17) is 9.47 Å². The zero-order chi connectivity index (χ0) is 27.5. The second kappa shape index (κ2) is 12.5. The summed E-state index contributed by atoms with van der Waals surface area (Å²) in [4.78, 5) is 41.0. The molecular formula is C28H47NO8. The van der Waals surface area contributed by atoms with Gasteiger partial charge in [0.25, 0.3) is 11.7 Å². The fraction of sp³-hybridized carbons (Fsp3) is 0.893. The summed E-state index contributed by atoms with van der Waals surface area (Å²) in [6.07, 6.45) is 3.47. The van der Waals surface area contributed by atoms with Gasteiger partial charge in [-0.05, 0) is 75.5 Å². The van der Waals surface area contributed by atoms with Gasteiger partial charge in [-0.25, -0.2) is 4.79 Å². The molecule has 9 nitrogen and oxygen atoms in total. The maximum atomic E-state index is 13.3. The molecule has 9 unspecified atom stereocenters. The number of carbonyl (C=O) groups excluding carboxylic acids is 3. The molecule has 0 bridgehead atoms. The first-order chi connectivity index (χ1) is 17.4. The van der Waals surface area contributed by atoms with Crippen molar-refractivity contribution in [1.82, 2.24) is 4.90 Å². The van der Waals surface area contributed by atoms with Crippen LogP contribution in [0.3, 0.4) is 0 Å². The first-order valence-electron chi connectivity index (χ1n) is 14.2. The Hall–Kier alpha value is -1.55. The van der Waals surface area contributed by atoms with E-state index in [1.165, 1.54) is 4.90 Å². The van der Waals surface area contributed by atoms with E-state index in [0.717, 1.165) is 19.3 Å². The average molecular weight is 526 g/mol. The van der Waals surface area contributed by atoms with Gasteiger partial charge in [0, 0.05) is 12.5 Å². The minimum absolute atomic E-state index is 0.0201. The summed E-state index contributed by atoms with van der Waals surface area (Å²) in [6, 6.07) is -0.874. The molecule has 3 fully saturated rings. The van der Waals surface area contributed by atoms with Crippen LogP contribution in [0.25, 0.3) is 0 Å². The third-order valence-electron chi connectivity index (χ3n) is 8.76. The van der Waals surface area contributed by atoms with Gasteiger partial charge in [-0.1, -0.05) is 34.6 Å². The molecule has 2 saturated heterocycles. The summed E-state index contributed by atoms with van der Waals surface area (Å²) in [5.74, 6) is -4.84. The van der Waals surface area contributed by atoms with Crippen LogP contribution in [-0.4, -0.2) is 80.7 Å². The number of rotatable bonds is 9. The van der Waals surface area contributed by atoms with Crippen molar-refractivity contribution in [2.75, 3.05) is 6.54 Å². The van der Waals surface area contributed by atoms with Crippen LogP contribution in [0.1, 0.15) is 92.4 Å². The topological polar surface area (TPSA) is 134 Å². The third-order valence-corrected chi connectivity index (χ3v) is 8.76. The minimum Gasteiger partial charge on any atom is -0.460 e. The lowest BCUT2D eigenvalue weighted by Crippen LogP contribution is -2.59. The van der Waals surface area contributed by atoms with Gasteiger partial charge in [0.15, 0.2) is 0 Å². The first kappa shape index (κ1) is 30.0. The lowest BCUT2D eigenvalue weighted by Gasteiger charge is -2.40. The van der Waals surface area contributed by atoms with Crippen molar-refractivity contribution in [3.8, 4) is 0 Å². The van der Waals surface area contributed by atoms with Gasteiger partial charge >= 0.3 is 5.97 Å². The molecule has 0 radical (unpaired) electrons. The maximum Gasteiger partial charge on any atom is 0.329 e. The standard InChI is InChI=1S/C28H47NO8/c1-6-20-11-9-18(5)28(35,37-20)25(32)26(33)29-13-7-8-21(29)27(34)36-24(16(2)3)17(4)14-19-10-12-22(30)23(31)15-19/h16-24,30-31,35H,6-15H2,1-5H3. The molecule has 0 aromatic heterocycles. The van der Waals surface area contributed by atoms with Crippen molar-refractivity contribution in [3.05, 3.63) is 0 Å². The summed E-state index contributed by atoms with van der Waals surface area (Å²) >= 11 is 0. The van der Waals surface area contributed by atoms with E-state index < -0.39 is 47.6 Å². The molecule has 37 heavy (non-hydrogen) atoms. The Balaban J connectivity index is 1.65. The Morgan fingerprint density at radius 2 is 1.76 bits per heavy atom. The van der Waals surface area contributed by atoms with Crippen LogP contribution in [0.5, 0.6) is 0 Å². The number of aliphatic hydroxyl groups excluding tert-OH is 2. The molecule has 1 aliphatic carbocycles. The summed E-state index contributed by atoms with van der Waals surface area (Å²) in [5.41, 5.74) is 0. The molecule has 1 saturated carbocycles. The highest BCUT2D eigenvalue weighted by Crippen LogP contribution is 2.36. The zero-order valence-corrected chi connectivity index (χ0v) is 23.1. The molecule has 212 valence electrons. The molecule has 3 rings (SSSR count). The molecular weight excluding hydrogens is 478 g/mol. The smallest absolute Gasteiger partial charge is 0.329 e. The minimum atomic E-state index is -2.18. The molecule has 9 heteroatoms. The molecule has 0 aromatic rings. The van der Waals surface area contributed by atoms with E-state index in [1.54, 1.807) is 6.92 Å². The maximum absolute atomic E-state index is 13.3. The normalized spacial score (nSPS) is 36.3. The van der Waals surface area contributed by atoms with Crippen molar-refractivity contribution in [3.63, 3.8) is 0 Å². The fourth-order valence-electron chi connectivity index (χ4n) is 6.38. The monoisotopic (exact) mass is 525 g/mol. The van der Waals surface area contributed by atoms with Gasteiger partial charge in [-0.3, -0.25) is 9.59 Å². The second-order valence-corrected chi connectivity index (χ2v) is 12.0. The highest BCUT2D eigenvalue weighted by molar-refractivity contribution is 6.39. The number of hydrogen-bond acceptors (Lipinski definition) is 8.